The first kappa shape index (κ1) is 17.1. The molecule has 4 aromatic rings. The standard InChI is InChI=1S/C20H16F2N4O/c1-12-6-3-4-7-14(12)10-17-23-20(27-25-17)18-13(2)11-26(24-18)19-15(21)8-5-9-16(19)22/h3-9,11H,10H2,1-2H3. The molecule has 2 aromatic heterocycles. The zero-order valence-electron chi connectivity index (χ0n) is 14.8. The maximum Gasteiger partial charge on any atom is 0.278 e. The Balaban J connectivity index is 1.67. The number of hydrogen-bond acceptors (Lipinski definition) is 4. The largest absolute Gasteiger partial charge is 0.332 e. The van der Waals surface area contributed by atoms with Crippen molar-refractivity contribution in [1.82, 2.24) is 19.9 Å². The molecule has 2 heterocycles. The van der Waals surface area contributed by atoms with E-state index in [0.717, 1.165) is 15.8 Å². The summed E-state index contributed by atoms with van der Waals surface area (Å²) in [6.07, 6.45) is 2.06. The molecule has 4 rings (SSSR count). The molecule has 27 heavy (non-hydrogen) atoms. The Labute approximate surface area is 154 Å². The van der Waals surface area contributed by atoms with Gasteiger partial charge in [-0.2, -0.15) is 10.1 Å². The van der Waals surface area contributed by atoms with E-state index in [1.807, 2.05) is 31.2 Å². The number of aromatic nitrogens is 4. The number of benzene rings is 2. The lowest BCUT2D eigenvalue weighted by Gasteiger charge is -2.03. The molecule has 0 aliphatic heterocycles. The summed E-state index contributed by atoms with van der Waals surface area (Å²) in [5.41, 5.74) is 3.05. The third-order valence-electron chi connectivity index (χ3n) is 4.34. The van der Waals surface area contributed by atoms with Crippen molar-refractivity contribution in [1.29, 1.82) is 0 Å². The lowest BCUT2D eigenvalue weighted by atomic mass is 10.1. The zero-order valence-corrected chi connectivity index (χ0v) is 14.8. The van der Waals surface area contributed by atoms with Crippen molar-refractivity contribution in [2.24, 2.45) is 0 Å². The SMILES string of the molecule is Cc1ccccc1Cc1noc(-c2nn(-c3c(F)cccc3F)cc2C)n1. The van der Waals surface area contributed by atoms with E-state index in [4.69, 9.17) is 4.52 Å². The predicted octanol–water partition coefficient (Wildman–Crippen LogP) is 4.41. The normalized spacial score (nSPS) is 11.1. The van der Waals surface area contributed by atoms with E-state index in [2.05, 4.69) is 15.2 Å². The maximum absolute atomic E-state index is 14.0. The van der Waals surface area contributed by atoms with E-state index in [9.17, 15) is 8.78 Å². The smallest absolute Gasteiger partial charge is 0.278 e. The van der Waals surface area contributed by atoms with Crippen LogP contribution in [0.4, 0.5) is 8.78 Å². The van der Waals surface area contributed by atoms with E-state index >= 15 is 0 Å². The van der Waals surface area contributed by atoms with Gasteiger partial charge in [0.25, 0.3) is 5.89 Å². The van der Waals surface area contributed by atoms with Gasteiger partial charge in [0, 0.05) is 18.2 Å². The highest BCUT2D eigenvalue weighted by molar-refractivity contribution is 5.53. The van der Waals surface area contributed by atoms with Gasteiger partial charge in [-0.15, -0.1) is 0 Å². The number of aryl methyl sites for hydroxylation is 2. The molecule has 0 N–H and O–H groups in total. The molecule has 0 saturated carbocycles. The van der Waals surface area contributed by atoms with Crippen LogP contribution >= 0.6 is 0 Å². The second-order valence-electron chi connectivity index (χ2n) is 6.29. The Morgan fingerprint density at radius 1 is 0.963 bits per heavy atom. The van der Waals surface area contributed by atoms with Gasteiger partial charge in [0.05, 0.1) is 0 Å². The van der Waals surface area contributed by atoms with Crippen LogP contribution in [-0.4, -0.2) is 19.9 Å². The van der Waals surface area contributed by atoms with Crippen molar-refractivity contribution in [3.8, 4) is 17.3 Å². The Morgan fingerprint density at radius 3 is 2.44 bits per heavy atom. The van der Waals surface area contributed by atoms with Crippen LogP contribution < -0.4 is 0 Å². The Morgan fingerprint density at radius 2 is 1.70 bits per heavy atom. The van der Waals surface area contributed by atoms with Gasteiger partial charge >= 0.3 is 0 Å². The molecule has 7 heteroatoms. The van der Waals surface area contributed by atoms with Crippen LogP contribution in [-0.2, 0) is 6.42 Å². The summed E-state index contributed by atoms with van der Waals surface area (Å²) in [5.74, 6) is -0.665. The summed E-state index contributed by atoms with van der Waals surface area (Å²) in [7, 11) is 0. The molecule has 0 spiro atoms. The van der Waals surface area contributed by atoms with E-state index in [1.165, 1.54) is 24.4 Å². The molecular weight excluding hydrogens is 350 g/mol. The van der Waals surface area contributed by atoms with Gasteiger partial charge in [-0.3, -0.25) is 0 Å². The molecule has 0 aliphatic rings. The highest BCUT2D eigenvalue weighted by atomic mass is 19.1. The molecule has 0 unspecified atom stereocenters. The second-order valence-corrected chi connectivity index (χ2v) is 6.29. The van der Waals surface area contributed by atoms with Crippen molar-refractivity contribution in [2.45, 2.75) is 20.3 Å². The lowest BCUT2D eigenvalue weighted by molar-refractivity contribution is 0.422. The molecule has 0 bridgehead atoms. The quantitative estimate of drug-likeness (QED) is 0.537. The van der Waals surface area contributed by atoms with E-state index in [1.54, 1.807) is 6.92 Å². The summed E-state index contributed by atoms with van der Waals surface area (Å²) in [6.45, 7) is 3.79. The van der Waals surface area contributed by atoms with Crippen molar-refractivity contribution in [2.75, 3.05) is 0 Å². The molecule has 2 aromatic carbocycles. The van der Waals surface area contributed by atoms with Crippen LogP contribution in [0.2, 0.25) is 0 Å². The van der Waals surface area contributed by atoms with Gasteiger partial charge in [0.2, 0.25) is 0 Å². The minimum Gasteiger partial charge on any atom is -0.332 e. The predicted molar refractivity (Wildman–Crippen MR) is 95.5 cm³/mol. The first-order valence-electron chi connectivity index (χ1n) is 8.41. The molecule has 5 nitrogen and oxygen atoms in total. The fourth-order valence-electron chi connectivity index (χ4n) is 2.89. The average molecular weight is 366 g/mol. The summed E-state index contributed by atoms with van der Waals surface area (Å²) in [6, 6.07) is 11.6. The first-order chi connectivity index (χ1) is 13.0. The lowest BCUT2D eigenvalue weighted by Crippen LogP contribution is -2.02. The molecular formula is C20H16F2N4O. The fourth-order valence-corrected chi connectivity index (χ4v) is 2.89. The fraction of sp³-hybridized carbons (Fsp3) is 0.150. The molecule has 0 atom stereocenters. The maximum atomic E-state index is 14.0. The Kier molecular flexibility index (Phi) is 4.27. The molecule has 0 fully saturated rings. The number of rotatable bonds is 4. The molecule has 0 saturated heterocycles. The van der Waals surface area contributed by atoms with Crippen molar-refractivity contribution in [3.05, 3.63) is 82.8 Å². The third kappa shape index (κ3) is 3.23. The van der Waals surface area contributed by atoms with Crippen molar-refractivity contribution in [3.63, 3.8) is 0 Å². The third-order valence-corrected chi connectivity index (χ3v) is 4.34. The molecule has 0 amide bonds. The molecule has 0 aliphatic carbocycles. The van der Waals surface area contributed by atoms with E-state index < -0.39 is 11.6 Å². The van der Waals surface area contributed by atoms with E-state index in [-0.39, 0.29) is 11.6 Å². The van der Waals surface area contributed by atoms with Crippen LogP contribution in [0.15, 0.2) is 53.2 Å². The summed E-state index contributed by atoms with van der Waals surface area (Å²) < 4.78 is 34.5. The number of hydrogen-bond donors (Lipinski definition) is 0. The summed E-state index contributed by atoms with van der Waals surface area (Å²) in [5, 5.41) is 8.25. The van der Waals surface area contributed by atoms with Gasteiger partial charge in [-0.25, -0.2) is 13.5 Å². The average Bonchev–Trinajstić information content (AvgIpc) is 3.23. The Hall–Kier alpha value is -3.35. The molecule has 0 radical (unpaired) electrons. The number of nitrogens with zero attached hydrogens (tertiary/aromatic N) is 4. The van der Waals surface area contributed by atoms with Crippen molar-refractivity contribution < 1.29 is 13.3 Å². The van der Waals surface area contributed by atoms with Gasteiger partial charge in [0.1, 0.15) is 5.69 Å². The second kappa shape index (κ2) is 6.75. The van der Waals surface area contributed by atoms with Gasteiger partial charge in [-0.05, 0) is 37.1 Å². The highest BCUT2D eigenvalue weighted by Crippen LogP contribution is 2.24. The van der Waals surface area contributed by atoms with Gasteiger partial charge < -0.3 is 4.52 Å². The van der Waals surface area contributed by atoms with Crippen LogP contribution in [0.3, 0.4) is 0 Å². The van der Waals surface area contributed by atoms with Crippen LogP contribution in [0.25, 0.3) is 17.3 Å². The minimum absolute atomic E-state index is 0.214. The van der Waals surface area contributed by atoms with E-state index in [0.29, 0.717) is 23.5 Å². The van der Waals surface area contributed by atoms with Crippen LogP contribution in [0.1, 0.15) is 22.5 Å². The Bertz CT molecular complexity index is 1100. The summed E-state index contributed by atoms with van der Waals surface area (Å²) >= 11 is 0. The first-order valence-corrected chi connectivity index (χ1v) is 8.41. The summed E-state index contributed by atoms with van der Waals surface area (Å²) in [4.78, 5) is 4.39. The van der Waals surface area contributed by atoms with Gasteiger partial charge in [0.15, 0.2) is 23.2 Å². The van der Waals surface area contributed by atoms with Crippen molar-refractivity contribution >= 4 is 0 Å². The number of halogens is 2. The highest BCUT2D eigenvalue weighted by Gasteiger charge is 2.19. The van der Waals surface area contributed by atoms with Gasteiger partial charge in [-0.1, -0.05) is 35.5 Å². The number of para-hydroxylation sites is 1. The molecule has 136 valence electrons. The van der Waals surface area contributed by atoms with Crippen LogP contribution in [0, 0.1) is 25.5 Å². The zero-order chi connectivity index (χ0) is 19.0. The van der Waals surface area contributed by atoms with Crippen LogP contribution in [0.5, 0.6) is 0 Å². The topological polar surface area (TPSA) is 56.7 Å². The minimum atomic E-state index is -0.699. The monoisotopic (exact) mass is 366 g/mol.